The van der Waals surface area contributed by atoms with Crippen LogP contribution >= 0.6 is 0 Å². The Morgan fingerprint density at radius 3 is 2.76 bits per heavy atom. The highest BCUT2D eigenvalue weighted by molar-refractivity contribution is 5.88. The molecule has 4 rings (SSSR count). The van der Waals surface area contributed by atoms with Gasteiger partial charge in [-0.25, -0.2) is 9.97 Å². The molecule has 0 unspecified atom stereocenters. The number of ether oxygens (including phenoxy) is 1. The fraction of sp³-hybridized carbons (Fsp3) is 0.111. The van der Waals surface area contributed by atoms with Crippen molar-refractivity contribution in [1.82, 2.24) is 24.9 Å². The summed E-state index contributed by atoms with van der Waals surface area (Å²) in [6, 6.07) is 11.6. The summed E-state index contributed by atoms with van der Waals surface area (Å²) in [6.45, 7) is 0.593. The molecule has 3 heterocycles. The second-order valence-electron chi connectivity index (χ2n) is 5.44. The minimum absolute atomic E-state index is 0.534. The van der Waals surface area contributed by atoms with Crippen molar-refractivity contribution in [3.63, 3.8) is 0 Å². The molecule has 7 nitrogen and oxygen atoms in total. The lowest BCUT2D eigenvalue weighted by atomic mass is 10.1. The zero-order chi connectivity index (χ0) is 17.1. The molecule has 0 saturated heterocycles. The summed E-state index contributed by atoms with van der Waals surface area (Å²) in [7, 11) is 1.64. The number of rotatable bonds is 5. The number of nitrogens with one attached hydrogen (secondary N) is 2. The third kappa shape index (κ3) is 3.12. The Labute approximate surface area is 144 Å². The van der Waals surface area contributed by atoms with E-state index >= 15 is 0 Å². The molecule has 0 aliphatic carbocycles. The van der Waals surface area contributed by atoms with Gasteiger partial charge in [-0.2, -0.15) is 4.98 Å². The van der Waals surface area contributed by atoms with Crippen LogP contribution in [0.4, 0.5) is 5.95 Å². The van der Waals surface area contributed by atoms with Crippen molar-refractivity contribution in [2.45, 2.75) is 6.54 Å². The minimum atomic E-state index is 0.534. The van der Waals surface area contributed by atoms with Crippen LogP contribution in [0.25, 0.3) is 22.4 Å². The Kier molecular flexibility index (Phi) is 3.96. The molecule has 0 amide bonds. The smallest absolute Gasteiger partial charge is 0.225 e. The quantitative estimate of drug-likeness (QED) is 0.584. The maximum absolute atomic E-state index is 5.22. The first-order chi connectivity index (χ1) is 12.3. The van der Waals surface area contributed by atoms with Crippen molar-refractivity contribution in [2.24, 2.45) is 0 Å². The molecule has 0 bridgehead atoms. The second-order valence-corrected chi connectivity index (χ2v) is 5.44. The van der Waals surface area contributed by atoms with E-state index < -0.39 is 0 Å². The van der Waals surface area contributed by atoms with Crippen molar-refractivity contribution >= 4 is 17.1 Å². The van der Waals surface area contributed by atoms with Gasteiger partial charge in [0.2, 0.25) is 5.95 Å². The van der Waals surface area contributed by atoms with Crippen LogP contribution in [0.5, 0.6) is 5.75 Å². The van der Waals surface area contributed by atoms with Crippen LogP contribution in [0.2, 0.25) is 0 Å². The Morgan fingerprint density at radius 1 is 1.12 bits per heavy atom. The topological polar surface area (TPSA) is 88.6 Å². The summed E-state index contributed by atoms with van der Waals surface area (Å²) in [5.74, 6) is 1.33. The molecule has 7 heteroatoms. The molecule has 0 aliphatic heterocycles. The molecule has 1 aromatic carbocycles. The normalized spacial score (nSPS) is 10.8. The zero-order valence-electron chi connectivity index (χ0n) is 13.6. The number of imidazole rings is 1. The molecule has 2 N–H and O–H groups in total. The number of benzene rings is 1. The number of fused-ring (bicyclic) bond motifs is 1. The van der Waals surface area contributed by atoms with Gasteiger partial charge in [0, 0.05) is 24.5 Å². The summed E-state index contributed by atoms with van der Waals surface area (Å²) in [5.41, 5.74) is 4.20. The average Bonchev–Trinajstić information content (AvgIpc) is 3.15. The first kappa shape index (κ1) is 15.1. The van der Waals surface area contributed by atoms with Crippen LogP contribution in [0.15, 0.2) is 55.1 Å². The van der Waals surface area contributed by atoms with Crippen molar-refractivity contribution in [3.05, 3.63) is 60.7 Å². The summed E-state index contributed by atoms with van der Waals surface area (Å²) in [4.78, 5) is 20.6. The molecule has 0 atom stereocenters. The highest BCUT2D eigenvalue weighted by atomic mass is 16.5. The zero-order valence-corrected chi connectivity index (χ0v) is 13.6. The summed E-state index contributed by atoms with van der Waals surface area (Å²) >= 11 is 0. The number of aromatic amines is 1. The number of anilines is 1. The molecule has 0 aliphatic rings. The van der Waals surface area contributed by atoms with Crippen molar-refractivity contribution < 1.29 is 4.74 Å². The van der Waals surface area contributed by atoms with Gasteiger partial charge in [-0.15, -0.1) is 0 Å². The first-order valence-electron chi connectivity index (χ1n) is 7.82. The lowest BCUT2D eigenvalue weighted by Crippen LogP contribution is -2.05. The van der Waals surface area contributed by atoms with E-state index in [2.05, 4.69) is 30.2 Å². The van der Waals surface area contributed by atoms with Gasteiger partial charge in [-0.05, 0) is 35.9 Å². The van der Waals surface area contributed by atoms with Gasteiger partial charge in [-0.3, -0.25) is 4.98 Å². The Bertz CT molecular complexity index is 982. The molecule has 0 saturated carbocycles. The maximum atomic E-state index is 5.22. The number of nitrogens with zero attached hydrogens (tertiary/aromatic N) is 4. The molecule has 25 heavy (non-hydrogen) atoms. The molecule has 0 fully saturated rings. The predicted molar refractivity (Wildman–Crippen MR) is 95.2 cm³/mol. The maximum Gasteiger partial charge on any atom is 0.225 e. The van der Waals surface area contributed by atoms with E-state index in [4.69, 9.17) is 4.74 Å². The van der Waals surface area contributed by atoms with Crippen LogP contribution in [0.1, 0.15) is 5.56 Å². The van der Waals surface area contributed by atoms with E-state index in [1.54, 1.807) is 19.6 Å². The molecule has 3 aromatic heterocycles. The third-order valence-electron chi connectivity index (χ3n) is 3.82. The minimum Gasteiger partial charge on any atom is -0.497 e. The Balaban J connectivity index is 1.69. The van der Waals surface area contributed by atoms with E-state index in [9.17, 15) is 0 Å². The number of hydrogen-bond acceptors (Lipinski definition) is 6. The molecular formula is C18H16N6O. The van der Waals surface area contributed by atoms with E-state index in [1.807, 2.05) is 42.6 Å². The van der Waals surface area contributed by atoms with Gasteiger partial charge in [0.05, 0.1) is 13.4 Å². The number of H-pyrrole nitrogens is 1. The molecule has 4 aromatic rings. The molecule has 0 spiro atoms. The van der Waals surface area contributed by atoms with Crippen molar-refractivity contribution in [3.8, 4) is 17.0 Å². The standard InChI is InChI=1S/C18H16N6O/c1-25-14-6-4-13(5-7-14)15-16-17(22-11-21-16)24-18(23-15)20-10-12-3-2-8-19-9-12/h2-9,11H,10H2,1H3,(H2,20,21,22,23,24). The summed E-state index contributed by atoms with van der Waals surface area (Å²) < 4.78 is 5.22. The fourth-order valence-corrected chi connectivity index (χ4v) is 2.55. The largest absolute Gasteiger partial charge is 0.497 e. The molecule has 124 valence electrons. The Hall–Kier alpha value is -3.48. The van der Waals surface area contributed by atoms with Gasteiger partial charge < -0.3 is 15.0 Å². The van der Waals surface area contributed by atoms with Crippen LogP contribution in [0.3, 0.4) is 0 Å². The number of aromatic nitrogens is 5. The van der Waals surface area contributed by atoms with Gasteiger partial charge in [0.15, 0.2) is 5.65 Å². The van der Waals surface area contributed by atoms with Gasteiger partial charge in [0.1, 0.15) is 17.0 Å². The van der Waals surface area contributed by atoms with E-state index in [0.29, 0.717) is 18.1 Å². The average molecular weight is 332 g/mol. The van der Waals surface area contributed by atoms with Crippen LogP contribution in [-0.2, 0) is 6.54 Å². The fourth-order valence-electron chi connectivity index (χ4n) is 2.55. The number of pyridine rings is 1. The predicted octanol–water partition coefficient (Wildman–Crippen LogP) is 3.04. The lowest BCUT2D eigenvalue weighted by molar-refractivity contribution is 0.415. The number of hydrogen-bond donors (Lipinski definition) is 2. The van der Waals surface area contributed by atoms with E-state index in [1.165, 1.54) is 0 Å². The van der Waals surface area contributed by atoms with Gasteiger partial charge in [-0.1, -0.05) is 6.07 Å². The van der Waals surface area contributed by atoms with Crippen molar-refractivity contribution in [1.29, 1.82) is 0 Å². The third-order valence-corrected chi connectivity index (χ3v) is 3.82. The molecule has 0 radical (unpaired) electrons. The van der Waals surface area contributed by atoms with E-state index in [-0.39, 0.29) is 0 Å². The van der Waals surface area contributed by atoms with Crippen molar-refractivity contribution in [2.75, 3.05) is 12.4 Å². The number of methoxy groups -OCH3 is 1. The van der Waals surface area contributed by atoms with Crippen LogP contribution in [-0.4, -0.2) is 32.0 Å². The van der Waals surface area contributed by atoms with Gasteiger partial charge in [0.25, 0.3) is 0 Å². The monoisotopic (exact) mass is 332 g/mol. The summed E-state index contributed by atoms with van der Waals surface area (Å²) in [5, 5.41) is 3.24. The van der Waals surface area contributed by atoms with Gasteiger partial charge >= 0.3 is 0 Å². The second kappa shape index (κ2) is 6.56. The van der Waals surface area contributed by atoms with Crippen LogP contribution < -0.4 is 10.1 Å². The SMILES string of the molecule is COc1ccc(-c2nc(NCc3cccnc3)nc3[nH]cnc23)cc1. The molecular weight excluding hydrogens is 316 g/mol. The lowest BCUT2D eigenvalue weighted by Gasteiger charge is -2.08. The Morgan fingerprint density at radius 2 is 2.00 bits per heavy atom. The highest BCUT2D eigenvalue weighted by Gasteiger charge is 2.12. The summed E-state index contributed by atoms with van der Waals surface area (Å²) in [6.07, 6.45) is 5.18. The highest BCUT2D eigenvalue weighted by Crippen LogP contribution is 2.26. The first-order valence-corrected chi connectivity index (χ1v) is 7.82. The van der Waals surface area contributed by atoms with E-state index in [0.717, 1.165) is 28.1 Å². The van der Waals surface area contributed by atoms with Crippen LogP contribution in [0, 0.1) is 0 Å².